The molecule has 142 valence electrons. The zero-order chi connectivity index (χ0) is 18.7. The van der Waals surface area contributed by atoms with Crippen LogP contribution in [-0.4, -0.2) is 49.1 Å². The van der Waals surface area contributed by atoms with Crippen LogP contribution in [0.25, 0.3) is 0 Å². The van der Waals surface area contributed by atoms with E-state index in [0.717, 1.165) is 23.7 Å². The first-order valence-electron chi connectivity index (χ1n) is 8.86. The maximum atomic E-state index is 12.4. The first-order chi connectivity index (χ1) is 12.3. The molecular formula is C18H22F3N3O2. The summed E-state index contributed by atoms with van der Waals surface area (Å²) in [7, 11) is 0. The van der Waals surface area contributed by atoms with Crippen LogP contribution in [0.2, 0.25) is 0 Å². The van der Waals surface area contributed by atoms with Crippen molar-refractivity contribution in [1.29, 1.82) is 0 Å². The summed E-state index contributed by atoms with van der Waals surface area (Å²) in [5.74, 6) is -2.42. The van der Waals surface area contributed by atoms with Crippen molar-refractivity contribution in [3.63, 3.8) is 0 Å². The Hall–Kier alpha value is -2.25. The Labute approximate surface area is 150 Å². The van der Waals surface area contributed by atoms with Crippen LogP contribution in [-0.2, 0) is 9.59 Å². The van der Waals surface area contributed by atoms with E-state index in [4.69, 9.17) is 0 Å². The highest BCUT2D eigenvalue weighted by Crippen LogP contribution is 2.26. The number of nitrogens with one attached hydrogen (secondary N) is 1. The SMILES string of the molecule is O=C(Nc1ccc(N2CCCC2)cc1)C1CCN(C(=O)C(F)(F)F)CC1. The summed E-state index contributed by atoms with van der Waals surface area (Å²) in [5, 5.41) is 2.82. The second-order valence-corrected chi connectivity index (χ2v) is 6.79. The van der Waals surface area contributed by atoms with Crippen LogP contribution in [0.3, 0.4) is 0 Å². The van der Waals surface area contributed by atoms with Gasteiger partial charge in [0.1, 0.15) is 0 Å². The van der Waals surface area contributed by atoms with Gasteiger partial charge in [0.05, 0.1) is 0 Å². The zero-order valence-corrected chi connectivity index (χ0v) is 14.4. The molecule has 0 spiro atoms. The van der Waals surface area contributed by atoms with Gasteiger partial charge in [0, 0.05) is 43.5 Å². The number of amides is 2. The van der Waals surface area contributed by atoms with Crippen LogP contribution in [0.1, 0.15) is 25.7 Å². The molecule has 8 heteroatoms. The fourth-order valence-corrected chi connectivity index (χ4v) is 3.50. The van der Waals surface area contributed by atoms with E-state index in [0.29, 0.717) is 5.69 Å². The molecule has 26 heavy (non-hydrogen) atoms. The van der Waals surface area contributed by atoms with Crippen LogP contribution >= 0.6 is 0 Å². The number of hydrogen-bond acceptors (Lipinski definition) is 3. The largest absolute Gasteiger partial charge is 0.471 e. The van der Waals surface area contributed by atoms with E-state index in [1.165, 1.54) is 12.8 Å². The van der Waals surface area contributed by atoms with Gasteiger partial charge in [-0.05, 0) is 49.9 Å². The van der Waals surface area contributed by atoms with E-state index in [2.05, 4.69) is 10.2 Å². The summed E-state index contributed by atoms with van der Waals surface area (Å²) in [5.41, 5.74) is 1.80. The summed E-state index contributed by atoms with van der Waals surface area (Å²) >= 11 is 0. The van der Waals surface area contributed by atoms with Crippen LogP contribution < -0.4 is 10.2 Å². The minimum atomic E-state index is -4.85. The maximum absolute atomic E-state index is 12.4. The summed E-state index contributed by atoms with van der Waals surface area (Å²) in [6.07, 6.45) is -2.01. The lowest BCUT2D eigenvalue weighted by Crippen LogP contribution is -2.46. The average molecular weight is 369 g/mol. The number of carbonyl (C=O) groups is 2. The summed E-state index contributed by atoms with van der Waals surface area (Å²) < 4.78 is 37.3. The van der Waals surface area contributed by atoms with Crippen molar-refractivity contribution < 1.29 is 22.8 Å². The number of hydrogen-bond donors (Lipinski definition) is 1. The number of piperidine rings is 1. The van der Waals surface area contributed by atoms with Crippen molar-refractivity contribution >= 4 is 23.2 Å². The van der Waals surface area contributed by atoms with Crippen molar-refractivity contribution in [2.24, 2.45) is 5.92 Å². The van der Waals surface area contributed by atoms with Gasteiger partial charge in [0.15, 0.2) is 0 Å². The first-order valence-corrected chi connectivity index (χ1v) is 8.86. The van der Waals surface area contributed by atoms with Crippen molar-refractivity contribution in [3.05, 3.63) is 24.3 Å². The summed E-state index contributed by atoms with van der Waals surface area (Å²) in [4.78, 5) is 26.6. The molecule has 2 fully saturated rings. The fourth-order valence-electron chi connectivity index (χ4n) is 3.50. The lowest BCUT2D eigenvalue weighted by atomic mass is 9.95. The number of carbonyl (C=O) groups excluding carboxylic acids is 2. The molecule has 0 radical (unpaired) electrons. The fraction of sp³-hybridized carbons (Fsp3) is 0.556. The molecule has 2 heterocycles. The Bertz CT molecular complexity index is 647. The van der Waals surface area contributed by atoms with E-state index in [1.54, 1.807) is 0 Å². The van der Waals surface area contributed by atoms with E-state index in [9.17, 15) is 22.8 Å². The molecule has 0 aliphatic carbocycles. The third kappa shape index (κ3) is 4.28. The zero-order valence-electron chi connectivity index (χ0n) is 14.4. The minimum Gasteiger partial charge on any atom is -0.372 e. The van der Waals surface area contributed by atoms with Gasteiger partial charge in [-0.25, -0.2) is 0 Å². The molecule has 3 rings (SSSR count). The molecule has 2 saturated heterocycles. The molecule has 5 nitrogen and oxygen atoms in total. The second kappa shape index (κ2) is 7.55. The van der Waals surface area contributed by atoms with Gasteiger partial charge in [-0.2, -0.15) is 13.2 Å². The number of benzene rings is 1. The summed E-state index contributed by atoms with van der Waals surface area (Å²) in [6.45, 7) is 1.98. The van der Waals surface area contributed by atoms with Gasteiger partial charge in [0.2, 0.25) is 5.91 Å². The van der Waals surface area contributed by atoms with Gasteiger partial charge < -0.3 is 15.1 Å². The van der Waals surface area contributed by atoms with E-state index in [1.807, 2.05) is 24.3 Å². The molecule has 0 aromatic heterocycles. The standard InChI is InChI=1S/C18H22F3N3O2/c19-18(20,21)17(26)24-11-7-13(8-12-24)16(25)22-14-3-5-15(6-4-14)23-9-1-2-10-23/h3-6,13H,1-2,7-12H2,(H,22,25). The topological polar surface area (TPSA) is 52.7 Å². The number of anilines is 2. The molecule has 0 bridgehead atoms. The maximum Gasteiger partial charge on any atom is 0.471 e. The quantitative estimate of drug-likeness (QED) is 0.891. The van der Waals surface area contributed by atoms with Crippen molar-refractivity contribution in [2.45, 2.75) is 31.9 Å². The third-order valence-electron chi connectivity index (χ3n) is 5.00. The predicted molar refractivity (Wildman–Crippen MR) is 91.9 cm³/mol. The number of rotatable bonds is 3. The Morgan fingerprint density at radius 3 is 2.08 bits per heavy atom. The van der Waals surface area contributed by atoms with Crippen molar-refractivity contribution in [2.75, 3.05) is 36.4 Å². The van der Waals surface area contributed by atoms with Crippen LogP contribution in [0.5, 0.6) is 0 Å². The van der Waals surface area contributed by atoms with Gasteiger partial charge in [-0.3, -0.25) is 9.59 Å². The molecule has 1 aromatic carbocycles. The van der Waals surface area contributed by atoms with E-state index >= 15 is 0 Å². The lowest BCUT2D eigenvalue weighted by Gasteiger charge is -2.31. The van der Waals surface area contributed by atoms with Gasteiger partial charge in [-0.15, -0.1) is 0 Å². The Morgan fingerprint density at radius 1 is 0.962 bits per heavy atom. The minimum absolute atomic E-state index is 0.0513. The highest BCUT2D eigenvalue weighted by Gasteiger charge is 2.43. The predicted octanol–water partition coefficient (Wildman–Crippen LogP) is 3.03. The monoisotopic (exact) mass is 369 g/mol. The van der Waals surface area contributed by atoms with E-state index in [-0.39, 0.29) is 37.8 Å². The molecule has 2 aliphatic heterocycles. The Balaban J connectivity index is 1.50. The van der Waals surface area contributed by atoms with Gasteiger partial charge in [-0.1, -0.05) is 0 Å². The molecular weight excluding hydrogens is 347 g/mol. The smallest absolute Gasteiger partial charge is 0.372 e. The van der Waals surface area contributed by atoms with Gasteiger partial charge >= 0.3 is 12.1 Å². The molecule has 1 aromatic rings. The Kier molecular flexibility index (Phi) is 5.38. The molecule has 1 N–H and O–H groups in total. The molecule has 2 amide bonds. The van der Waals surface area contributed by atoms with Crippen molar-refractivity contribution in [3.8, 4) is 0 Å². The average Bonchev–Trinajstić information content (AvgIpc) is 3.16. The Morgan fingerprint density at radius 2 is 1.54 bits per heavy atom. The van der Waals surface area contributed by atoms with Crippen LogP contribution in [0, 0.1) is 5.92 Å². The van der Waals surface area contributed by atoms with Crippen molar-refractivity contribution in [1.82, 2.24) is 4.90 Å². The molecule has 0 atom stereocenters. The van der Waals surface area contributed by atoms with Crippen LogP contribution in [0.15, 0.2) is 24.3 Å². The first kappa shape index (κ1) is 18.5. The molecule has 0 saturated carbocycles. The highest BCUT2D eigenvalue weighted by atomic mass is 19.4. The normalized spacial score (nSPS) is 18.9. The second-order valence-electron chi connectivity index (χ2n) is 6.79. The van der Waals surface area contributed by atoms with Crippen LogP contribution in [0.4, 0.5) is 24.5 Å². The number of likely N-dealkylation sites (tertiary alicyclic amines) is 1. The van der Waals surface area contributed by atoms with E-state index < -0.39 is 12.1 Å². The third-order valence-corrected chi connectivity index (χ3v) is 5.00. The molecule has 2 aliphatic rings. The van der Waals surface area contributed by atoms with Gasteiger partial charge in [0.25, 0.3) is 0 Å². The molecule has 0 unspecified atom stereocenters. The lowest BCUT2D eigenvalue weighted by molar-refractivity contribution is -0.186. The summed E-state index contributed by atoms with van der Waals surface area (Å²) in [6, 6.07) is 7.61. The number of nitrogens with zero attached hydrogens (tertiary/aromatic N) is 2. The highest BCUT2D eigenvalue weighted by molar-refractivity contribution is 5.93. The number of alkyl halides is 3. The number of halogens is 3.